The van der Waals surface area contributed by atoms with Gasteiger partial charge in [0.1, 0.15) is 19.0 Å². The second-order valence-corrected chi connectivity index (χ2v) is 5.47. The minimum absolute atomic E-state index is 0.0324. The first-order valence-electron chi connectivity index (χ1n) is 7.70. The van der Waals surface area contributed by atoms with Crippen LogP contribution in [0.1, 0.15) is 5.56 Å². The molecule has 0 bridgehead atoms. The van der Waals surface area contributed by atoms with Gasteiger partial charge in [-0.1, -0.05) is 0 Å². The fraction of sp³-hybridized carbons (Fsp3) is 0.176. The number of carbonyl (C=O) groups excluding carboxylic acids is 1. The Labute approximate surface area is 148 Å². The lowest BCUT2D eigenvalue weighted by molar-refractivity contribution is -0.384. The second kappa shape index (κ2) is 7.62. The Morgan fingerprint density at radius 2 is 2.04 bits per heavy atom. The zero-order valence-electron chi connectivity index (χ0n) is 13.9. The van der Waals surface area contributed by atoms with Gasteiger partial charge in [0, 0.05) is 24.6 Å². The maximum absolute atomic E-state index is 11.7. The van der Waals surface area contributed by atoms with Crippen LogP contribution < -0.4 is 10.1 Å². The van der Waals surface area contributed by atoms with E-state index in [1.54, 1.807) is 30.3 Å². The summed E-state index contributed by atoms with van der Waals surface area (Å²) >= 11 is 0. The van der Waals surface area contributed by atoms with Crippen LogP contribution in [-0.2, 0) is 16.1 Å². The fourth-order valence-corrected chi connectivity index (χ4v) is 2.36. The monoisotopic (exact) mass is 356 g/mol. The Kier molecular flexibility index (Phi) is 5.09. The quantitative estimate of drug-likeness (QED) is 0.496. The molecule has 9 heteroatoms. The molecular formula is C17H16N4O5. The van der Waals surface area contributed by atoms with Crippen molar-refractivity contribution in [2.45, 2.75) is 6.61 Å². The van der Waals surface area contributed by atoms with Gasteiger partial charge in [-0.15, -0.1) is 0 Å². The highest BCUT2D eigenvalue weighted by atomic mass is 16.6. The number of nitrogens with one attached hydrogen (secondary N) is 2. The number of hydrogen-bond acceptors (Lipinski definition) is 6. The summed E-state index contributed by atoms with van der Waals surface area (Å²) in [6.07, 6.45) is 0. The second-order valence-electron chi connectivity index (χ2n) is 5.47. The van der Waals surface area contributed by atoms with Crippen LogP contribution in [0.4, 0.5) is 11.5 Å². The normalized spacial score (nSPS) is 10.7. The minimum atomic E-state index is -0.448. The van der Waals surface area contributed by atoms with Crippen LogP contribution in [0, 0.1) is 10.1 Å². The number of nitrogens with zero attached hydrogens (tertiary/aromatic N) is 2. The Hall–Kier alpha value is -3.46. The van der Waals surface area contributed by atoms with E-state index in [9.17, 15) is 14.9 Å². The lowest BCUT2D eigenvalue weighted by Crippen LogP contribution is -2.17. The van der Waals surface area contributed by atoms with Crippen LogP contribution in [0.2, 0.25) is 0 Å². The van der Waals surface area contributed by atoms with E-state index in [4.69, 9.17) is 9.47 Å². The predicted molar refractivity (Wildman–Crippen MR) is 94.0 cm³/mol. The van der Waals surface area contributed by atoms with Gasteiger partial charge in [-0.2, -0.15) is 5.10 Å². The van der Waals surface area contributed by atoms with Crippen molar-refractivity contribution in [3.8, 4) is 5.75 Å². The number of nitro benzene ring substituents is 1. The average Bonchev–Trinajstić information content (AvgIpc) is 3.02. The molecule has 3 rings (SSSR count). The first-order chi connectivity index (χ1) is 12.6. The number of methoxy groups -OCH3 is 1. The molecule has 134 valence electrons. The molecule has 0 aliphatic heterocycles. The highest BCUT2D eigenvalue weighted by Crippen LogP contribution is 2.26. The molecule has 0 spiro atoms. The Morgan fingerprint density at radius 1 is 1.27 bits per heavy atom. The van der Waals surface area contributed by atoms with Gasteiger partial charge in [0.2, 0.25) is 0 Å². The van der Waals surface area contributed by atoms with Crippen molar-refractivity contribution in [2.75, 3.05) is 19.0 Å². The van der Waals surface area contributed by atoms with Crippen LogP contribution in [0.25, 0.3) is 10.9 Å². The number of non-ortho nitro benzene ring substituents is 1. The molecule has 0 saturated heterocycles. The zero-order valence-corrected chi connectivity index (χ0v) is 13.9. The van der Waals surface area contributed by atoms with Crippen LogP contribution >= 0.6 is 0 Å². The van der Waals surface area contributed by atoms with Gasteiger partial charge in [-0.05, 0) is 35.9 Å². The van der Waals surface area contributed by atoms with Gasteiger partial charge in [0.25, 0.3) is 11.6 Å². The summed E-state index contributed by atoms with van der Waals surface area (Å²) in [5.41, 5.74) is 1.59. The molecule has 0 unspecified atom stereocenters. The standard InChI is InChI=1S/C17H16N4O5/c1-25-10-16(22)18-17-14-8-13(6-7-15(14)19-20-17)26-9-11-2-4-12(5-3-11)21(23)24/h2-8H,9-10H2,1H3,(H2,18,19,20,22). The van der Waals surface area contributed by atoms with Crippen molar-refractivity contribution in [3.05, 3.63) is 58.1 Å². The topological polar surface area (TPSA) is 119 Å². The van der Waals surface area contributed by atoms with Gasteiger partial charge < -0.3 is 14.8 Å². The Balaban J connectivity index is 1.72. The third-order valence-corrected chi connectivity index (χ3v) is 3.62. The van der Waals surface area contributed by atoms with Gasteiger partial charge in [-0.3, -0.25) is 20.0 Å². The summed E-state index contributed by atoms with van der Waals surface area (Å²) in [4.78, 5) is 21.9. The van der Waals surface area contributed by atoms with Crippen LogP contribution in [-0.4, -0.2) is 34.7 Å². The maximum Gasteiger partial charge on any atom is 0.269 e. The van der Waals surface area contributed by atoms with E-state index < -0.39 is 4.92 Å². The number of hydrogen-bond donors (Lipinski definition) is 2. The zero-order chi connectivity index (χ0) is 18.5. The highest BCUT2D eigenvalue weighted by Gasteiger charge is 2.11. The summed E-state index contributed by atoms with van der Waals surface area (Å²) in [6, 6.07) is 11.5. The average molecular weight is 356 g/mol. The first kappa shape index (κ1) is 17.4. The molecule has 3 aromatic rings. The van der Waals surface area contributed by atoms with E-state index in [2.05, 4.69) is 15.5 Å². The molecule has 2 aromatic carbocycles. The molecule has 2 N–H and O–H groups in total. The van der Waals surface area contributed by atoms with Gasteiger partial charge in [0.05, 0.1) is 10.4 Å². The number of nitro groups is 1. The molecular weight excluding hydrogens is 340 g/mol. The number of benzene rings is 2. The lowest BCUT2D eigenvalue weighted by atomic mass is 10.2. The number of fused-ring (bicyclic) bond motifs is 1. The summed E-state index contributed by atoms with van der Waals surface area (Å²) in [5.74, 6) is 0.667. The van der Waals surface area contributed by atoms with E-state index in [1.165, 1.54) is 19.2 Å². The minimum Gasteiger partial charge on any atom is -0.489 e. The highest BCUT2D eigenvalue weighted by molar-refractivity contribution is 6.00. The number of carbonyl (C=O) groups is 1. The molecule has 26 heavy (non-hydrogen) atoms. The lowest BCUT2D eigenvalue weighted by Gasteiger charge is -2.07. The molecule has 1 amide bonds. The molecule has 1 heterocycles. The van der Waals surface area contributed by atoms with Crippen molar-refractivity contribution in [1.82, 2.24) is 10.2 Å². The molecule has 0 radical (unpaired) electrons. The molecule has 0 aliphatic carbocycles. The molecule has 1 aromatic heterocycles. The van der Waals surface area contributed by atoms with E-state index in [0.717, 1.165) is 11.1 Å². The number of H-pyrrole nitrogens is 1. The summed E-state index contributed by atoms with van der Waals surface area (Å²) in [7, 11) is 1.44. The molecule has 0 fully saturated rings. The Morgan fingerprint density at radius 3 is 2.73 bits per heavy atom. The van der Waals surface area contributed by atoms with Crippen LogP contribution in [0.15, 0.2) is 42.5 Å². The van der Waals surface area contributed by atoms with Gasteiger partial charge >= 0.3 is 0 Å². The number of ether oxygens (including phenoxy) is 2. The maximum atomic E-state index is 11.7. The van der Waals surface area contributed by atoms with Gasteiger partial charge in [-0.25, -0.2) is 0 Å². The van der Waals surface area contributed by atoms with Crippen molar-refractivity contribution < 1.29 is 19.2 Å². The van der Waals surface area contributed by atoms with E-state index in [1.807, 2.05) is 0 Å². The third kappa shape index (κ3) is 3.95. The summed E-state index contributed by atoms with van der Waals surface area (Å²) in [6.45, 7) is 0.192. The number of amides is 1. The number of rotatable bonds is 7. The Bertz CT molecular complexity index is 936. The van der Waals surface area contributed by atoms with E-state index in [0.29, 0.717) is 17.0 Å². The summed E-state index contributed by atoms with van der Waals surface area (Å²) < 4.78 is 10.5. The number of aromatic nitrogens is 2. The number of anilines is 1. The van der Waals surface area contributed by atoms with E-state index in [-0.39, 0.29) is 24.8 Å². The van der Waals surface area contributed by atoms with Crippen LogP contribution in [0.5, 0.6) is 5.75 Å². The van der Waals surface area contributed by atoms with Crippen LogP contribution in [0.3, 0.4) is 0 Å². The SMILES string of the molecule is COCC(=O)Nc1n[nH]c2ccc(OCc3ccc([N+](=O)[O-])cc3)cc12. The molecule has 0 atom stereocenters. The molecule has 0 aliphatic rings. The molecule has 0 saturated carbocycles. The smallest absolute Gasteiger partial charge is 0.269 e. The van der Waals surface area contributed by atoms with Gasteiger partial charge in [0.15, 0.2) is 5.82 Å². The van der Waals surface area contributed by atoms with Crippen molar-refractivity contribution in [2.24, 2.45) is 0 Å². The fourth-order valence-electron chi connectivity index (χ4n) is 2.36. The van der Waals surface area contributed by atoms with Crippen molar-refractivity contribution >= 4 is 28.3 Å². The largest absolute Gasteiger partial charge is 0.489 e. The third-order valence-electron chi connectivity index (χ3n) is 3.62. The summed E-state index contributed by atoms with van der Waals surface area (Å²) in [5, 5.41) is 20.9. The van der Waals surface area contributed by atoms with Crippen molar-refractivity contribution in [3.63, 3.8) is 0 Å². The predicted octanol–water partition coefficient (Wildman–Crippen LogP) is 2.64. The first-order valence-corrected chi connectivity index (χ1v) is 7.70. The number of aromatic amines is 1. The van der Waals surface area contributed by atoms with Crippen molar-refractivity contribution in [1.29, 1.82) is 0 Å². The van der Waals surface area contributed by atoms with E-state index >= 15 is 0 Å². The molecule has 9 nitrogen and oxygen atoms in total.